The third-order valence-electron chi connectivity index (χ3n) is 4.48. The van der Waals surface area contributed by atoms with Crippen molar-refractivity contribution in [3.63, 3.8) is 0 Å². The molecule has 0 fully saturated rings. The van der Waals surface area contributed by atoms with E-state index in [1.807, 2.05) is 24.5 Å². The summed E-state index contributed by atoms with van der Waals surface area (Å²) in [7, 11) is 3.36. The highest BCUT2D eigenvalue weighted by molar-refractivity contribution is 9.10. The van der Waals surface area contributed by atoms with Crippen molar-refractivity contribution in [2.75, 3.05) is 13.7 Å². The summed E-state index contributed by atoms with van der Waals surface area (Å²) < 4.78 is 10.4. The Balaban J connectivity index is 1.94. The molecule has 138 valence electrons. The van der Waals surface area contributed by atoms with Gasteiger partial charge in [0.2, 0.25) is 0 Å². The van der Waals surface area contributed by atoms with E-state index in [0.717, 1.165) is 11.4 Å². The van der Waals surface area contributed by atoms with Crippen LogP contribution in [-0.2, 0) is 24.9 Å². The van der Waals surface area contributed by atoms with Gasteiger partial charge in [0.25, 0.3) is 5.56 Å². The maximum absolute atomic E-state index is 12.8. The Hall–Kier alpha value is -2.26. The molecule has 0 saturated carbocycles. The number of rotatable bonds is 6. The van der Waals surface area contributed by atoms with Crippen molar-refractivity contribution in [3.8, 4) is 0 Å². The third kappa shape index (κ3) is 3.12. The fourth-order valence-corrected chi connectivity index (χ4v) is 3.68. The lowest BCUT2D eigenvalue weighted by atomic mass is 10.1. The van der Waals surface area contributed by atoms with E-state index in [9.17, 15) is 9.59 Å². The van der Waals surface area contributed by atoms with E-state index in [2.05, 4.69) is 26.0 Å². The minimum atomic E-state index is -0.295. The first-order valence-electron chi connectivity index (χ1n) is 8.11. The summed E-state index contributed by atoms with van der Waals surface area (Å²) >= 11 is 3.28. The second-order valence-corrected chi connectivity index (χ2v) is 6.89. The normalized spacial score (nSPS) is 11.4. The van der Waals surface area contributed by atoms with E-state index in [0.29, 0.717) is 34.4 Å². The van der Waals surface area contributed by atoms with Crippen LogP contribution < -0.4 is 5.56 Å². The Morgan fingerprint density at radius 2 is 2.08 bits per heavy atom. The average Bonchev–Trinajstić information content (AvgIpc) is 3.04. The standard InChI is InChI=1S/C17H20BrN5O3/c1-10-7-12(11(2)23(10)5-6-26-4)13(24)8-22-9-19-16-14(17(22)25)15(18)20-21(16)3/h7,9H,5-6,8H2,1-4H3. The molecule has 0 saturated heterocycles. The number of ether oxygens (including phenoxy) is 1. The second kappa shape index (κ2) is 7.16. The number of halogens is 1. The van der Waals surface area contributed by atoms with Crippen LogP contribution in [0.25, 0.3) is 11.0 Å². The molecule has 26 heavy (non-hydrogen) atoms. The number of hydrogen-bond donors (Lipinski definition) is 0. The van der Waals surface area contributed by atoms with Gasteiger partial charge in [-0.15, -0.1) is 0 Å². The molecule has 0 N–H and O–H groups in total. The van der Waals surface area contributed by atoms with E-state index in [1.54, 1.807) is 14.2 Å². The smallest absolute Gasteiger partial charge is 0.266 e. The Morgan fingerprint density at radius 1 is 1.35 bits per heavy atom. The van der Waals surface area contributed by atoms with Gasteiger partial charge in [0, 0.05) is 37.7 Å². The topological polar surface area (TPSA) is 83.9 Å². The van der Waals surface area contributed by atoms with Gasteiger partial charge in [-0.3, -0.25) is 14.2 Å². The molecule has 0 atom stereocenters. The Morgan fingerprint density at radius 3 is 2.77 bits per heavy atom. The average molecular weight is 422 g/mol. The van der Waals surface area contributed by atoms with Crippen LogP contribution in [0, 0.1) is 13.8 Å². The first kappa shape index (κ1) is 18.5. The Kier molecular flexibility index (Phi) is 5.10. The lowest BCUT2D eigenvalue weighted by Gasteiger charge is -2.09. The molecule has 0 aromatic carbocycles. The largest absolute Gasteiger partial charge is 0.383 e. The number of carbonyl (C=O) groups excluding carboxylic acids is 1. The van der Waals surface area contributed by atoms with Crippen LogP contribution in [-0.4, -0.2) is 43.4 Å². The Bertz CT molecular complexity index is 1050. The number of nitrogens with zero attached hydrogens (tertiary/aromatic N) is 5. The molecule has 0 aliphatic carbocycles. The van der Waals surface area contributed by atoms with Crippen molar-refractivity contribution in [1.82, 2.24) is 23.9 Å². The molecule has 8 nitrogen and oxygen atoms in total. The number of aryl methyl sites for hydroxylation is 2. The van der Waals surface area contributed by atoms with Crippen molar-refractivity contribution in [1.29, 1.82) is 0 Å². The van der Waals surface area contributed by atoms with Gasteiger partial charge < -0.3 is 9.30 Å². The minimum absolute atomic E-state index is 0.0717. The summed E-state index contributed by atoms with van der Waals surface area (Å²) in [5.41, 5.74) is 2.64. The van der Waals surface area contributed by atoms with E-state index in [-0.39, 0.29) is 17.9 Å². The zero-order valence-corrected chi connectivity index (χ0v) is 16.7. The van der Waals surface area contributed by atoms with Gasteiger partial charge in [0.05, 0.1) is 13.2 Å². The van der Waals surface area contributed by atoms with E-state index in [4.69, 9.17) is 4.74 Å². The van der Waals surface area contributed by atoms with Gasteiger partial charge in [-0.05, 0) is 35.8 Å². The molecule has 0 aliphatic heterocycles. The van der Waals surface area contributed by atoms with Crippen LogP contribution in [0.2, 0.25) is 0 Å². The van der Waals surface area contributed by atoms with Gasteiger partial charge in [0.1, 0.15) is 16.3 Å². The molecule has 0 bridgehead atoms. The van der Waals surface area contributed by atoms with Gasteiger partial charge in [-0.1, -0.05) is 0 Å². The molecule has 3 aromatic rings. The molecular weight excluding hydrogens is 402 g/mol. The number of Topliss-reactive ketones (excluding diaryl/α,β-unsaturated/α-hetero) is 1. The monoisotopic (exact) mass is 421 g/mol. The number of ketones is 1. The van der Waals surface area contributed by atoms with Gasteiger partial charge in [-0.25, -0.2) is 9.67 Å². The first-order valence-corrected chi connectivity index (χ1v) is 8.91. The van der Waals surface area contributed by atoms with Crippen LogP contribution in [0.1, 0.15) is 21.7 Å². The van der Waals surface area contributed by atoms with Crippen LogP contribution in [0.15, 0.2) is 21.8 Å². The second-order valence-electron chi connectivity index (χ2n) is 6.14. The fraction of sp³-hybridized carbons (Fsp3) is 0.412. The van der Waals surface area contributed by atoms with Crippen molar-refractivity contribution < 1.29 is 9.53 Å². The highest BCUT2D eigenvalue weighted by Gasteiger charge is 2.19. The molecule has 0 unspecified atom stereocenters. The van der Waals surface area contributed by atoms with Crippen LogP contribution in [0.5, 0.6) is 0 Å². The minimum Gasteiger partial charge on any atom is -0.383 e. The van der Waals surface area contributed by atoms with Gasteiger partial charge in [0.15, 0.2) is 11.4 Å². The maximum Gasteiger partial charge on any atom is 0.266 e. The van der Waals surface area contributed by atoms with E-state index in [1.165, 1.54) is 15.6 Å². The van der Waals surface area contributed by atoms with Crippen LogP contribution >= 0.6 is 15.9 Å². The summed E-state index contributed by atoms with van der Waals surface area (Å²) in [5.74, 6) is -0.134. The zero-order chi connectivity index (χ0) is 19.0. The van der Waals surface area contributed by atoms with E-state index < -0.39 is 0 Å². The number of fused-ring (bicyclic) bond motifs is 1. The summed E-state index contributed by atoms with van der Waals surface area (Å²) in [6.45, 7) is 5.03. The summed E-state index contributed by atoms with van der Waals surface area (Å²) in [6.07, 6.45) is 1.39. The molecular formula is C17H20BrN5O3. The highest BCUT2D eigenvalue weighted by atomic mass is 79.9. The van der Waals surface area contributed by atoms with Gasteiger partial charge in [-0.2, -0.15) is 5.10 Å². The van der Waals surface area contributed by atoms with Crippen molar-refractivity contribution >= 4 is 32.7 Å². The first-order chi connectivity index (χ1) is 12.3. The molecule has 0 amide bonds. The molecule has 3 heterocycles. The van der Waals surface area contributed by atoms with Crippen molar-refractivity contribution in [2.45, 2.75) is 26.9 Å². The Labute approximate surface area is 158 Å². The molecule has 9 heteroatoms. The molecule has 0 radical (unpaired) electrons. The quantitative estimate of drug-likeness (QED) is 0.566. The number of carbonyl (C=O) groups is 1. The summed E-state index contributed by atoms with van der Waals surface area (Å²) in [5, 5.41) is 4.51. The summed E-state index contributed by atoms with van der Waals surface area (Å²) in [6, 6.07) is 1.85. The number of methoxy groups -OCH3 is 1. The predicted octanol–water partition coefficient (Wildman–Crippen LogP) is 1.84. The maximum atomic E-state index is 12.8. The number of hydrogen-bond acceptors (Lipinski definition) is 5. The lowest BCUT2D eigenvalue weighted by molar-refractivity contribution is 0.0969. The highest BCUT2D eigenvalue weighted by Crippen LogP contribution is 2.18. The van der Waals surface area contributed by atoms with Crippen LogP contribution in [0.3, 0.4) is 0 Å². The van der Waals surface area contributed by atoms with E-state index >= 15 is 0 Å². The zero-order valence-electron chi connectivity index (χ0n) is 15.1. The summed E-state index contributed by atoms with van der Waals surface area (Å²) in [4.78, 5) is 29.7. The number of aromatic nitrogens is 5. The lowest BCUT2D eigenvalue weighted by Crippen LogP contribution is -2.25. The molecule has 3 rings (SSSR count). The molecule has 0 spiro atoms. The predicted molar refractivity (Wildman–Crippen MR) is 101 cm³/mol. The van der Waals surface area contributed by atoms with Gasteiger partial charge >= 0.3 is 0 Å². The van der Waals surface area contributed by atoms with Crippen molar-refractivity contribution in [2.24, 2.45) is 7.05 Å². The van der Waals surface area contributed by atoms with Crippen LogP contribution in [0.4, 0.5) is 0 Å². The third-order valence-corrected chi connectivity index (χ3v) is 5.03. The fourth-order valence-electron chi connectivity index (χ4n) is 3.10. The van der Waals surface area contributed by atoms with Crippen molar-refractivity contribution in [3.05, 3.63) is 44.3 Å². The molecule has 3 aromatic heterocycles. The molecule has 0 aliphatic rings. The SMILES string of the molecule is COCCn1c(C)cc(C(=O)Cn2cnc3c(c(Br)nn3C)c2=O)c1C.